The molecule has 0 aliphatic carbocycles. The van der Waals surface area contributed by atoms with Crippen molar-refractivity contribution in [3.63, 3.8) is 0 Å². The Balaban J connectivity index is 1.18. The molecule has 4 nitrogen and oxygen atoms in total. The number of aromatic nitrogens is 2. The molecular weight excluding hydrogens is 488 g/mol. The molecule has 2 heterocycles. The van der Waals surface area contributed by atoms with Gasteiger partial charge in [-0.1, -0.05) is 97.1 Å². The van der Waals surface area contributed by atoms with E-state index < -0.39 is 0 Å². The van der Waals surface area contributed by atoms with Crippen molar-refractivity contribution in [1.82, 2.24) is 19.4 Å². The zero-order valence-corrected chi connectivity index (χ0v) is 22.3. The summed E-state index contributed by atoms with van der Waals surface area (Å²) in [6, 6.07) is 39.2. The molecule has 1 aromatic heterocycles. The van der Waals surface area contributed by atoms with Crippen LogP contribution in [0.4, 0.5) is 0 Å². The highest BCUT2D eigenvalue weighted by Crippen LogP contribution is 2.30. The lowest BCUT2D eigenvalue weighted by atomic mass is 9.96. The predicted octanol–water partition coefficient (Wildman–Crippen LogP) is 6.85. The molecule has 1 fully saturated rings. The number of halogens is 1. The first-order valence-electron chi connectivity index (χ1n) is 13.5. The number of aryl methyl sites for hydroxylation is 1. The van der Waals surface area contributed by atoms with Crippen LogP contribution in [0.5, 0.6) is 0 Å². The van der Waals surface area contributed by atoms with Crippen LogP contribution in [0.1, 0.15) is 22.7 Å². The van der Waals surface area contributed by atoms with Gasteiger partial charge in [0.2, 0.25) is 0 Å². The van der Waals surface area contributed by atoms with Crippen molar-refractivity contribution in [2.75, 3.05) is 32.1 Å². The van der Waals surface area contributed by atoms with Gasteiger partial charge in [0.15, 0.2) is 0 Å². The van der Waals surface area contributed by atoms with Crippen LogP contribution in [0.2, 0.25) is 0 Å². The SMILES string of the molecule is ClCCn1c(-c2ccccc2)nc2cc(CN3CCN(C(c4ccccc4)c4ccccc4)CC3)ccc21. The molecule has 0 saturated carbocycles. The molecule has 0 unspecified atom stereocenters. The van der Waals surface area contributed by atoms with E-state index in [1.54, 1.807) is 0 Å². The first-order valence-corrected chi connectivity index (χ1v) is 14.0. The van der Waals surface area contributed by atoms with Gasteiger partial charge in [-0.3, -0.25) is 9.80 Å². The number of hydrogen-bond donors (Lipinski definition) is 0. The molecule has 6 rings (SSSR count). The summed E-state index contributed by atoms with van der Waals surface area (Å²) in [5, 5.41) is 0. The van der Waals surface area contributed by atoms with Crippen molar-refractivity contribution < 1.29 is 0 Å². The molecule has 4 aromatic carbocycles. The number of fused-ring (bicyclic) bond motifs is 1. The Bertz CT molecular complexity index is 1420. The normalized spacial score (nSPS) is 14.9. The van der Waals surface area contributed by atoms with Crippen LogP contribution >= 0.6 is 11.6 Å². The molecule has 38 heavy (non-hydrogen) atoms. The highest BCUT2D eigenvalue weighted by molar-refractivity contribution is 6.17. The average Bonchev–Trinajstić information content (AvgIpc) is 3.33. The summed E-state index contributed by atoms with van der Waals surface area (Å²) in [5.41, 5.74) is 7.34. The fraction of sp³-hybridized carbons (Fsp3) is 0.242. The third-order valence-electron chi connectivity index (χ3n) is 7.56. The minimum atomic E-state index is 0.290. The molecular formula is C33H33ClN4. The highest BCUT2D eigenvalue weighted by atomic mass is 35.5. The third kappa shape index (κ3) is 5.25. The Kier molecular flexibility index (Phi) is 7.54. The molecule has 5 aromatic rings. The number of alkyl halides is 1. The highest BCUT2D eigenvalue weighted by Gasteiger charge is 2.26. The minimum absolute atomic E-state index is 0.290. The number of imidazole rings is 1. The van der Waals surface area contributed by atoms with Crippen LogP contribution in [0.15, 0.2) is 109 Å². The van der Waals surface area contributed by atoms with Crippen LogP contribution in [-0.4, -0.2) is 51.4 Å². The van der Waals surface area contributed by atoms with Crippen molar-refractivity contribution in [1.29, 1.82) is 0 Å². The van der Waals surface area contributed by atoms with Crippen molar-refractivity contribution in [2.45, 2.75) is 19.1 Å². The Morgan fingerprint density at radius 1 is 0.711 bits per heavy atom. The number of benzene rings is 4. The molecule has 1 aliphatic heterocycles. The summed E-state index contributed by atoms with van der Waals surface area (Å²) in [4.78, 5) is 10.2. The van der Waals surface area contributed by atoms with Gasteiger partial charge < -0.3 is 4.57 Å². The second kappa shape index (κ2) is 11.5. The Hall–Kier alpha value is -3.44. The molecule has 5 heteroatoms. The molecule has 0 spiro atoms. The van der Waals surface area contributed by atoms with Crippen molar-refractivity contribution in [3.05, 3.63) is 126 Å². The second-order valence-corrected chi connectivity index (χ2v) is 10.4. The minimum Gasteiger partial charge on any atom is -0.323 e. The maximum absolute atomic E-state index is 6.17. The van der Waals surface area contributed by atoms with Crippen LogP contribution in [0.25, 0.3) is 22.4 Å². The summed E-state index contributed by atoms with van der Waals surface area (Å²) in [6.07, 6.45) is 0. The third-order valence-corrected chi connectivity index (χ3v) is 7.73. The second-order valence-electron chi connectivity index (χ2n) is 10.0. The molecule has 1 saturated heterocycles. The van der Waals surface area contributed by atoms with Gasteiger partial charge in [-0.15, -0.1) is 11.6 Å². The zero-order chi connectivity index (χ0) is 25.7. The van der Waals surface area contributed by atoms with Crippen LogP contribution in [0, 0.1) is 0 Å². The largest absolute Gasteiger partial charge is 0.323 e. The maximum atomic E-state index is 6.17. The fourth-order valence-corrected chi connectivity index (χ4v) is 5.88. The van der Waals surface area contributed by atoms with Crippen LogP contribution in [-0.2, 0) is 13.1 Å². The van der Waals surface area contributed by atoms with E-state index in [1.807, 2.05) is 6.07 Å². The van der Waals surface area contributed by atoms with E-state index in [2.05, 4.69) is 117 Å². The lowest BCUT2D eigenvalue weighted by Crippen LogP contribution is -2.47. The number of rotatable bonds is 8. The molecule has 0 radical (unpaired) electrons. The maximum Gasteiger partial charge on any atom is 0.141 e. The van der Waals surface area contributed by atoms with E-state index in [0.717, 1.165) is 61.7 Å². The predicted molar refractivity (Wildman–Crippen MR) is 157 cm³/mol. The van der Waals surface area contributed by atoms with Gasteiger partial charge in [0.05, 0.1) is 17.1 Å². The van der Waals surface area contributed by atoms with E-state index in [1.165, 1.54) is 16.7 Å². The average molecular weight is 521 g/mol. The molecule has 0 bridgehead atoms. The van der Waals surface area contributed by atoms with Gasteiger partial charge in [-0.05, 0) is 28.8 Å². The standard InChI is InChI=1S/C33H33ClN4/c34-18-19-38-31-17-16-26(24-30(31)35-33(38)29-14-8-3-9-15-29)25-36-20-22-37(23-21-36)32(27-10-4-1-5-11-27)28-12-6-2-7-13-28/h1-17,24,32H,18-23,25H2. The molecule has 0 N–H and O–H groups in total. The topological polar surface area (TPSA) is 24.3 Å². The Morgan fingerprint density at radius 3 is 1.92 bits per heavy atom. The van der Waals surface area contributed by atoms with E-state index in [-0.39, 0.29) is 0 Å². The van der Waals surface area contributed by atoms with Gasteiger partial charge in [-0.25, -0.2) is 4.98 Å². The number of nitrogens with zero attached hydrogens (tertiary/aromatic N) is 4. The van der Waals surface area contributed by atoms with Crippen molar-refractivity contribution in [3.8, 4) is 11.4 Å². The van der Waals surface area contributed by atoms with Gasteiger partial charge in [-0.2, -0.15) is 0 Å². The first kappa shape index (κ1) is 24.9. The summed E-state index contributed by atoms with van der Waals surface area (Å²) in [7, 11) is 0. The molecule has 0 atom stereocenters. The summed E-state index contributed by atoms with van der Waals surface area (Å²) in [6.45, 7) is 5.86. The lowest BCUT2D eigenvalue weighted by Gasteiger charge is -2.39. The van der Waals surface area contributed by atoms with Crippen LogP contribution in [0.3, 0.4) is 0 Å². The molecule has 192 valence electrons. The van der Waals surface area contributed by atoms with Gasteiger partial charge >= 0.3 is 0 Å². The lowest BCUT2D eigenvalue weighted by molar-refractivity contribution is 0.105. The first-order chi connectivity index (χ1) is 18.8. The van der Waals surface area contributed by atoms with E-state index in [0.29, 0.717) is 11.9 Å². The fourth-order valence-electron chi connectivity index (χ4n) is 5.71. The zero-order valence-electron chi connectivity index (χ0n) is 21.6. The summed E-state index contributed by atoms with van der Waals surface area (Å²) >= 11 is 6.17. The van der Waals surface area contributed by atoms with Gasteiger partial charge in [0, 0.05) is 50.7 Å². The smallest absolute Gasteiger partial charge is 0.141 e. The van der Waals surface area contributed by atoms with E-state index in [9.17, 15) is 0 Å². The quantitative estimate of drug-likeness (QED) is 0.209. The van der Waals surface area contributed by atoms with E-state index >= 15 is 0 Å². The number of hydrogen-bond acceptors (Lipinski definition) is 3. The monoisotopic (exact) mass is 520 g/mol. The van der Waals surface area contributed by atoms with Gasteiger partial charge in [0.1, 0.15) is 5.82 Å². The summed E-state index contributed by atoms with van der Waals surface area (Å²) in [5.74, 6) is 1.55. The Labute approximate surface area is 230 Å². The molecule has 1 aliphatic rings. The van der Waals surface area contributed by atoms with E-state index in [4.69, 9.17) is 16.6 Å². The summed E-state index contributed by atoms with van der Waals surface area (Å²) < 4.78 is 2.24. The van der Waals surface area contributed by atoms with Crippen molar-refractivity contribution >= 4 is 22.6 Å². The number of piperazine rings is 1. The van der Waals surface area contributed by atoms with Gasteiger partial charge in [0.25, 0.3) is 0 Å². The van der Waals surface area contributed by atoms with Crippen LogP contribution < -0.4 is 0 Å². The van der Waals surface area contributed by atoms with Crippen molar-refractivity contribution in [2.24, 2.45) is 0 Å². The molecule has 0 amide bonds. The Morgan fingerprint density at radius 2 is 1.32 bits per heavy atom.